The van der Waals surface area contributed by atoms with E-state index in [9.17, 15) is 9.18 Å². The zero-order valence-corrected chi connectivity index (χ0v) is 15.7. The van der Waals surface area contributed by atoms with Crippen LogP contribution in [0.5, 0.6) is 0 Å². The minimum absolute atomic E-state index is 0.238. The van der Waals surface area contributed by atoms with Gasteiger partial charge in [0, 0.05) is 10.2 Å². The van der Waals surface area contributed by atoms with E-state index in [1.807, 2.05) is 30.3 Å². The molecule has 0 unspecified atom stereocenters. The van der Waals surface area contributed by atoms with Crippen LogP contribution in [0.15, 0.2) is 69.2 Å². The maximum atomic E-state index is 13.2. The van der Waals surface area contributed by atoms with Gasteiger partial charge in [-0.2, -0.15) is 5.10 Å². The summed E-state index contributed by atoms with van der Waals surface area (Å²) in [6.45, 7) is 0. The molecule has 0 saturated carbocycles. The third kappa shape index (κ3) is 3.30. The Kier molecular flexibility index (Phi) is 4.60. The number of para-hydroxylation sites is 1. The molecule has 26 heavy (non-hydrogen) atoms. The van der Waals surface area contributed by atoms with E-state index in [0.29, 0.717) is 26.4 Å². The number of aromatic amines is 1. The molecule has 0 aliphatic heterocycles. The van der Waals surface area contributed by atoms with Crippen molar-refractivity contribution < 1.29 is 4.39 Å². The highest BCUT2D eigenvalue weighted by Gasteiger charge is 2.12. The lowest BCUT2D eigenvalue weighted by Crippen LogP contribution is -2.09. The van der Waals surface area contributed by atoms with Crippen LogP contribution >= 0.6 is 27.7 Å². The highest BCUT2D eigenvalue weighted by atomic mass is 79.9. The van der Waals surface area contributed by atoms with Gasteiger partial charge in [0.2, 0.25) is 0 Å². The molecule has 2 aromatic heterocycles. The topological polar surface area (TPSA) is 63.6 Å². The molecule has 2 heterocycles. The summed E-state index contributed by atoms with van der Waals surface area (Å²) in [7, 11) is 0. The van der Waals surface area contributed by atoms with E-state index >= 15 is 0 Å². The Morgan fingerprint density at radius 2 is 2.00 bits per heavy atom. The molecule has 5 nitrogen and oxygen atoms in total. The number of rotatable bonds is 4. The van der Waals surface area contributed by atoms with Crippen LogP contribution in [0.2, 0.25) is 0 Å². The Labute approximate surface area is 160 Å². The standard InChI is InChI=1S/C18H12BrFN4OS/c19-15-8-12(20)7-6-11(15)10-26-18-22-16-14(17(25)23-18)9-21-24(16)13-4-2-1-3-5-13/h1-9H,10H2,(H,22,23,25). The summed E-state index contributed by atoms with van der Waals surface area (Å²) >= 11 is 4.72. The third-order valence-electron chi connectivity index (χ3n) is 3.80. The first-order chi connectivity index (χ1) is 12.6. The number of thioether (sulfide) groups is 1. The second kappa shape index (κ2) is 7.05. The lowest BCUT2D eigenvalue weighted by atomic mass is 10.2. The van der Waals surface area contributed by atoms with Crippen molar-refractivity contribution in [1.29, 1.82) is 0 Å². The van der Waals surface area contributed by atoms with E-state index < -0.39 is 0 Å². The molecule has 2 aromatic carbocycles. The molecule has 4 rings (SSSR count). The molecule has 0 saturated heterocycles. The third-order valence-corrected chi connectivity index (χ3v) is 5.46. The average molecular weight is 431 g/mol. The van der Waals surface area contributed by atoms with Gasteiger partial charge in [-0.25, -0.2) is 14.1 Å². The molecule has 0 aliphatic rings. The fourth-order valence-corrected chi connectivity index (χ4v) is 4.05. The number of halogens is 2. The molecular weight excluding hydrogens is 419 g/mol. The summed E-state index contributed by atoms with van der Waals surface area (Å²) in [5.41, 5.74) is 2.01. The highest BCUT2D eigenvalue weighted by molar-refractivity contribution is 9.10. The Hall–Kier alpha value is -2.45. The number of fused-ring (bicyclic) bond motifs is 1. The predicted octanol–water partition coefficient (Wildman–Crippen LogP) is 4.30. The minimum Gasteiger partial charge on any atom is -0.301 e. The van der Waals surface area contributed by atoms with Crippen molar-refractivity contribution >= 4 is 38.7 Å². The molecular formula is C18H12BrFN4OS. The van der Waals surface area contributed by atoms with Crippen molar-refractivity contribution in [1.82, 2.24) is 19.7 Å². The number of hydrogen-bond donors (Lipinski definition) is 1. The number of hydrogen-bond acceptors (Lipinski definition) is 4. The van der Waals surface area contributed by atoms with Gasteiger partial charge in [-0.15, -0.1) is 0 Å². The van der Waals surface area contributed by atoms with Crippen molar-refractivity contribution in [3.63, 3.8) is 0 Å². The predicted molar refractivity (Wildman–Crippen MR) is 103 cm³/mol. The van der Waals surface area contributed by atoms with E-state index in [1.54, 1.807) is 10.7 Å². The molecule has 0 spiro atoms. The lowest BCUT2D eigenvalue weighted by Gasteiger charge is -2.06. The maximum Gasteiger partial charge on any atom is 0.262 e. The van der Waals surface area contributed by atoms with Gasteiger partial charge >= 0.3 is 0 Å². The molecule has 0 bridgehead atoms. The van der Waals surface area contributed by atoms with Gasteiger partial charge in [0.05, 0.1) is 11.9 Å². The second-order valence-electron chi connectivity index (χ2n) is 5.52. The second-order valence-corrected chi connectivity index (χ2v) is 7.34. The summed E-state index contributed by atoms with van der Waals surface area (Å²) < 4.78 is 15.5. The largest absolute Gasteiger partial charge is 0.301 e. The van der Waals surface area contributed by atoms with Crippen LogP contribution in [0, 0.1) is 5.82 Å². The first-order valence-corrected chi connectivity index (χ1v) is 9.50. The fourth-order valence-electron chi connectivity index (χ4n) is 2.51. The first kappa shape index (κ1) is 17.0. The van der Waals surface area contributed by atoms with Crippen molar-refractivity contribution in [3.8, 4) is 5.69 Å². The van der Waals surface area contributed by atoms with Crippen molar-refractivity contribution in [2.75, 3.05) is 0 Å². The normalized spacial score (nSPS) is 11.2. The van der Waals surface area contributed by atoms with Crippen LogP contribution in [0.4, 0.5) is 4.39 Å². The summed E-state index contributed by atoms with van der Waals surface area (Å²) in [6.07, 6.45) is 1.51. The van der Waals surface area contributed by atoms with Gasteiger partial charge in [0.25, 0.3) is 5.56 Å². The summed E-state index contributed by atoms with van der Waals surface area (Å²) in [4.78, 5) is 19.7. The van der Waals surface area contributed by atoms with E-state index in [1.165, 1.54) is 30.1 Å². The van der Waals surface area contributed by atoms with E-state index in [-0.39, 0.29) is 11.4 Å². The number of H-pyrrole nitrogens is 1. The molecule has 0 radical (unpaired) electrons. The first-order valence-electron chi connectivity index (χ1n) is 7.72. The van der Waals surface area contributed by atoms with Crippen LogP contribution in [-0.4, -0.2) is 19.7 Å². The van der Waals surface area contributed by atoms with Gasteiger partial charge < -0.3 is 4.98 Å². The quantitative estimate of drug-likeness (QED) is 0.387. The van der Waals surface area contributed by atoms with Gasteiger partial charge in [-0.1, -0.05) is 52.0 Å². The molecule has 0 amide bonds. The Balaban J connectivity index is 1.69. The molecule has 4 aromatic rings. The molecule has 1 N–H and O–H groups in total. The van der Waals surface area contributed by atoms with E-state index in [4.69, 9.17) is 0 Å². The average Bonchev–Trinajstić information content (AvgIpc) is 3.06. The smallest absolute Gasteiger partial charge is 0.262 e. The zero-order chi connectivity index (χ0) is 18.1. The monoisotopic (exact) mass is 430 g/mol. The van der Waals surface area contributed by atoms with Crippen LogP contribution in [0.1, 0.15) is 5.56 Å². The number of nitrogens with one attached hydrogen (secondary N) is 1. The Morgan fingerprint density at radius 3 is 2.77 bits per heavy atom. The Morgan fingerprint density at radius 1 is 1.19 bits per heavy atom. The number of nitrogens with zero attached hydrogens (tertiary/aromatic N) is 3. The molecule has 0 atom stereocenters. The van der Waals surface area contributed by atoms with Crippen LogP contribution in [0.3, 0.4) is 0 Å². The zero-order valence-electron chi connectivity index (χ0n) is 13.3. The van der Waals surface area contributed by atoms with E-state index in [0.717, 1.165) is 11.3 Å². The SMILES string of the molecule is O=c1[nH]c(SCc2ccc(F)cc2Br)nc2c1cnn2-c1ccccc1. The van der Waals surface area contributed by atoms with Gasteiger partial charge in [0.1, 0.15) is 11.2 Å². The van der Waals surface area contributed by atoms with Gasteiger partial charge in [-0.3, -0.25) is 4.79 Å². The summed E-state index contributed by atoms with van der Waals surface area (Å²) in [6, 6.07) is 14.0. The van der Waals surface area contributed by atoms with Gasteiger partial charge in [-0.05, 0) is 29.8 Å². The highest BCUT2D eigenvalue weighted by Crippen LogP contribution is 2.26. The summed E-state index contributed by atoms with van der Waals surface area (Å²) in [5.74, 6) is 0.236. The van der Waals surface area contributed by atoms with E-state index in [2.05, 4.69) is 31.0 Å². The fraction of sp³-hybridized carbons (Fsp3) is 0.0556. The van der Waals surface area contributed by atoms with Crippen molar-refractivity contribution in [2.24, 2.45) is 0 Å². The maximum absolute atomic E-state index is 13.2. The van der Waals surface area contributed by atoms with Crippen LogP contribution in [-0.2, 0) is 5.75 Å². The van der Waals surface area contributed by atoms with Crippen molar-refractivity contribution in [2.45, 2.75) is 10.9 Å². The van der Waals surface area contributed by atoms with Crippen molar-refractivity contribution in [3.05, 3.63) is 80.9 Å². The lowest BCUT2D eigenvalue weighted by molar-refractivity contribution is 0.626. The number of benzene rings is 2. The Bertz CT molecular complexity index is 1140. The molecule has 130 valence electrons. The molecule has 8 heteroatoms. The minimum atomic E-state index is -0.301. The molecule has 0 fully saturated rings. The molecule has 0 aliphatic carbocycles. The van der Waals surface area contributed by atoms with Crippen LogP contribution in [0.25, 0.3) is 16.7 Å². The number of aromatic nitrogens is 4. The van der Waals surface area contributed by atoms with Gasteiger partial charge in [0.15, 0.2) is 10.8 Å². The summed E-state index contributed by atoms with van der Waals surface area (Å²) in [5, 5.41) is 5.20. The van der Waals surface area contributed by atoms with Crippen LogP contribution < -0.4 is 5.56 Å².